The summed E-state index contributed by atoms with van der Waals surface area (Å²) in [6, 6.07) is 0. The number of nitrogens with one attached hydrogen (secondary N) is 1. The molecule has 1 aliphatic rings. The van der Waals surface area contributed by atoms with E-state index in [-0.39, 0.29) is 18.8 Å². The molecule has 1 aliphatic carbocycles. The van der Waals surface area contributed by atoms with Crippen molar-refractivity contribution in [2.24, 2.45) is 5.92 Å². The Kier molecular flexibility index (Phi) is 4.27. The molecule has 1 saturated carbocycles. The van der Waals surface area contributed by atoms with Crippen LogP contribution in [0.5, 0.6) is 0 Å². The molecular weight excluding hydrogens is 314 g/mol. The van der Waals surface area contributed by atoms with Gasteiger partial charge in [-0.2, -0.15) is 5.10 Å². The maximum absolute atomic E-state index is 12.1. The van der Waals surface area contributed by atoms with Crippen LogP contribution in [-0.4, -0.2) is 38.7 Å². The molecule has 0 saturated heterocycles. The molecular formula is C12H18BrN3O3. The highest BCUT2D eigenvalue weighted by molar-refractivity contribution is 9.10. The third-order valence-corrected chi connectivity index (χ3v) is 4.01. The monoisotopic (exact) mass is 331 g/mol. The number of halogens is 1. The predicted octanol–water partition coefficient (Wildman–Crippen LogP) is 0.571. The quantitative estimate of drug-likeness (QED) is 0.709. The zero-order chi connectivity index (χ0) is 14.0. The average Bonchev–Trinajstić information content (AvgIpc) is 3.22. The predicted molar refractivity (Wildman–Crippen MR) is 75.1 cm³/mol. The summed E-state index contributed by atoms with van der Waals surface area (Å²) < 4.78 is 1.82. The Bertz CT molecular complexity index is 509. The Hall–Kier alpha value is -0.920. The summed E-state index contributed by atoms with van der Waals surface area (Å²) in [5, 5.41) is 25.6. The summed E-state index contributed by atoms with van der Waals surface area (Å²) in [6.07, 6.45) is 3.84. The number of aliphatic hydroxyl groups excluding tert-OH is 2. The number of rotatable bonds is 6. The highest BCUT2D eigenvalue weighted by atomic mass is 79.9. The van der Waals surface area contributed by atoms with E-state index < -0.39 is 5.54 Å². The van der Waals surface area contributed by atoms with Gasteiger partial charge in [0.15, 0.2) is 0 Å². The van der Waals surface area contributed by atoms with Gasteiger partial charge in [0.1, 0.15) is 4.47 Å². The summed E-state index contributed by atoms with van der Waals surface area (Å²) >= 11 is 3.25. The lowest BCUT2D eigenvalue weighted by molar-refractivity contribution is 0.147. The van der Waals surface area contributed by atoms with Crippen molar-refractivity contribution in [1.82, 2.24) is 9.78 Å². The summed E-state index contributed by atoms with van der Waals surface area (Å²) in [5.41, 5.74) is -0.614. The van der Waals surface area contributed by atoms with Gasteiger partial charge in [0.25, 0.3) is 5.56 Å². The Labute approximate surface area is 119 Å². The van der Waals surface area contributed by atoms with Gasteiger partial charge in [-0.15, -0.1) is 0 Å². The molecule has 106 valence electrons. The fourth-order valence-corrected chi connectivity index (χ4v) is 2.09. The van der Waals surface area contributed by atoms with Crippen LogP contribution in [0.4, 0.5) is 5.69 Å². The lowest BCUT2D eigenvalue weighted by Crippen LogP contribution is -2.43. The molecule has 0 radical (unpaired) electrons. The lowest BCUT2D eigenvalue weighted by atomic mass is 10.1. The first kappa shape index (κ1) is 14.5. The second-order valence-corrected chi connectivity index (χ2v) is 6.10. The lowest BCUT2D eigenvalue weighted by Gasteiger charge is -2.27. The summed E-state index contributed by atoms with van der Waals surface area (Å²) in [6.45, 7) is 1.81. The molecule has 0 atom stereocenters. The molecule has 6 nitrogen and oxygen atoms in total. The van der Waals surface area contributed by atoms with Crippen LogP contribution in [0.2, 0.25) is 0 Å². The van der Waals surface area contributed by atoms with Crippen LogP contribution in [0.25, 0.3) is 0 Å². The minimum absolute atomic E-state index is 0.199. The molecule has 0 aliphatic heterocycles. The minimum atomic E-state index is -0.890. The van der Waals surface area contributed by atoms with E-state index >= 15 is 0 Å². The number of anilines is 1. The van der Waals surface area contributed by atoms with Crippen molar-refractivity contribution in [2.75, 3.05) is 18.5 Å². The van der Waals surface area contributed by atoms with Gasteiger partial charge in [0.2, 0.25) is 0 Å². The van der Waals surface area contributed by atoms with Crippen LogP contribution in [-0.2, 0) is 6.54 Å². The highest BCUT2D eigenvalue weighted by Gasteiger charge is 2.26. The summed E-state index contributed by atoms with van der Waals surface area (Å²) in [4.78, 5) is 12.1. The van der Waals surface area contributed by atoms with Gasteiger partial charge >= 0.3 is 0 Å². The fraction of sp³-hybridized carbons (Fsp3) is 0.667. The topological polar surface area (TPSA) is 87.4 Å². The van der Waals surface area contributed by atoms with E-state index in [2.05, 4.69) is 26.3 Å². The number of nitrogens with zero attached hydrogens (tertiary/aromatic N) is 2. The van der Waals surface area contributed by atoms with Gasteiger partial charge in [-0.1, -0.05) is 0 Å². The number of aromatic nitrogens is 2. The highest BCUT2D eigenvalue weighted by Crippen LogP contribution is 2.30. The third kappa shape index (κ3) is 3.34. The molecule has 0 aromatic carbocycles. The molecule has 1 aromatic heterocycles. The molecule has 0 amide bonds. The van der Waals surface area contributed by atoms with Crippen LogP contribution in [0.3, 0.4) is 0 Å². The van der Waals surface area contributed by atoms with E-state index in [1.807, 2.05) is 0 Å². The van der Waals surface area contributed by atoms with Crippen LogP contribution >= 0.6 is 15.9 Å². The Morgan fingerprint density at radius 3 is 2.68 bits per heavy atom. The normalized spacial score (nSPS) is 15.6. The molecule has 0 spiro atoms. The first-order valence-electron chi connectivity index (χ1n) is 6.24. The van der Waals surface area contributed by atoms with Crippen molar-refractivity contribution >= 4 is 21.6 Å². The molecule has 7 heteroatoms. The van der Waals surface area contributed by atoms with Crippen LogP contribution < -0.4 is 10.9 Å². The first-order chi connectivity index (χ1) is 8.99. The molecule has 1 aromatic rings. The van der Waals surface area contributed by atoms with Crippen LogP contribution in [0.1, 0.15) is 19.8 Å². The molecule has 3 N–H and O–H groups in total. The van der Waals surface area contributed by atoms with E-state index in [4.69, 9.17) is 0 Å². The summed E-state index contributed by atoms with van der Waals surface area (Å²) in [5.74, 6) is 0.566. The van der Waals surface area contributed by atoms with E-state index in [1.54, 1.807) is 6.92 Å². The molecule has 19 heavy (non-hydrogen) atoms. The maximum Gasteiger partial charge on any atom is 0.283 e. The fourth-order valence-electron chi connectivity index (χ4n) is 1.68. The van der Waals surface area contributed by atoms with E-state index in [0.717, 1.165) is 12.8 Å². The van der Waals surface area contributed by atoms with E-state index in [0.29, 0.717) is 22.6 Å². The van der Waals surface area contributed by atoms with Gasteiger partial charge in [0, 0.05) is 6.54 Å². The maximum atomic E-state index is 12.1. The smallest absolute Gasteiger partial charge is 0.283 e. The minimum Gasteiger partial charge on any atom is -0.394 e. The largest absolute Gasteiger partial charge is 0.394 e. The Morgan fingerprint density at radius 2 is 2.16 bits per heavy atom. The molecule has 1 heterocycles. The first-order valence-corrected chi connectivity index (χ1v) is 7.04. The molecule has 0 unspecified atom stereocenters. The van der Waals surface area contributed by atoms with Crippen molar-refractivity contribution in [1.29, 1.82) is 0 Å². The number of hydrogen-bond acceptors (Lipinski definition) is 5. The van der Waals surface area contributed by atoms with Gasteiger partial charge < -0.3 is 15.5 Å². The second kappa shape index (κ2) is 5.60. The van der Waals surface area contributed by atoms with Crippen molar-refractivity contribution in [3.8, 4) is 0 Å². The molecule has 2 rings (SSSR count). The standard InChI is InChI=1S/C12H18BrN3O3/c1-12(6-17,7-18)15-9-4-14-16(5-8-2-3-8)11(19)10(9)13/h4,8,15,17-18H,2-3,5-7H2,1H3. The molecule has 1 fully saturated rings. The number of hydrogen-bond donors (Lipinski definition) is 3. The van der Waals surface area contributed by atoms with E-state index in [9.17, 15) is 15.0 Å². The third-order valence-electron chi connectivity index (χ3n) is 3.25. The van der Waals surface area contributed by atoms with Crippen molar-refractivity contribution < 1.29 is 10.2 Å². The van der Waals surface area contributed by atoms with Crippen molar-refractivity contribution in [2.45, 2.75) is 31.8 Å². The summed E-state index contributed by atoms with van der Waals surface area (Å²) in [7, 11) is 0. The van der Waals surface area contributed by atoms with Gasteiger partial charge in [-0.25, -0.2) is 4.68 Å². The van der Waals surface area contributed by atoms with Crippen LogP contribution in [0, 0.1) is 5.92 Å². The van der Waals surface area contributed by atoms with Crippen LogP contribution in [0.15, 0.2) is 15.5 Å². The van der Waals surface area contributed by atoms with Crippen molar-refractivity contribution in [3.63, 3.8) is 0 Å². The molecule has 0 bridgehead atoms. The average molecular weight is 332 g/mol. The second-order valence-electron chi connectivity index (χ2n) is 5.30. The Balaban J connectivity index is 2.22. The zero-order valence-corrected chi connectivity index (χ0v) is 12.4. The van der Waals surface area contributed by atoms with Gasteiger partial charge in [-0.3, -0.25) is 4.79 Å². The zero-order valence-electron chi connectivity index (χ0n) is 10.8. The SMILES string of the molecule is CC(CO)(CO)Nc1cnn(CC2CC2)c(=O)c1Br. The van der Waals surface area contributed by atoms with Gasteiger partial charge in [0.05, 0.1) is 30.6 Å². The van der Waals surface area contributed by atoms with Crippen molar-refractivity contribution in [3.05, 3.63) is 21.0 Å². The Morgan fingerprint density at radius 1 is 1.53 bits per heavy atom. The van der Waals surface area contributed by atoms with Gasteiger partial charge in [-0.05, 0) is 41.6 Å². The number of aliphatic hydroxyl groups is 2. The van der Waals surface area contributed by atoms with E-state index in [1.165, 1.54) is 10.9 Å².